The van der Waals surface area contributed by atoms with Gasteiger partial charge in [-0.1, -0.05) is 178 Å². The average Bonchev–Trinajstić information content (AvgIpc) is 3.25. The molecular formula is C69H87NO4. The molecule has 0 radical (unpaired) electrons. The molecule has 0 heterocycles. The average molecular weight is 994 g/mol. The summed E-state index contributed by atoms with van der Waals surface area (Å²) in [6.07, 6.45) is 2.47. The van der Waals surface area contributed by atoms with E-state index in [4.69, 9.17) is 0 Å². The van der Waals surface area contributed by atoms with Crippen molar-refractivity contribution in [3.63, 3.8) is 0 Å². The van der Waals surface area contributed by atoms with Gasteiger partial charge in [-0.05, 0) is 187 Å². The van der Waals surface area contributed by atoms with Crippen molar-refractivity contribution in [1.82, 2.24) is 0 Å². The van der Waals surface area contributed by atoms with Crippen LogP contribution in [0.1, 0.15) is 214 Å². The van der Waals surface area contributed by atoms with Gasteiger partial charge in [-0.25, -0.2) is 0 Å². The van der Waals surface area contributed by atoms with Gasteiger partial charge in [-0.15, -0.1) is 0 Å². The molecule has 0 saturated heterocycles. The van der Waals surface area contributed by atoms with Crippen molar-refractivity contribution in [2.45, 2.75) is 177 Å². The monoisotopic (exact) mass is 994 g/mol. The highest BCUT2D eigenvalue weighted by molar-refractivity contribution is 5.78. The minimum Gasteiger partial charge on any atom is -0.507 e. The van der Waals surface area contributed by atoms with E-state index in [2.05, 4.69) is 202 Å². The number of phenols is 4. The van der Waals surface area contributed by atoms with Crippen molar-refractivity contribution in [2.24, 2.45) is 0 Å². The van der Waals surface area contributed by atoms with Gasteiger partial charge in [0.25, 0.3) is 0 Å². The first-order chi connectivity index (χ1) is 33.9. The Kier molecular flexibility index (Phi) is 15.9. The van der Waals surface area contributed by atoms with E-state index in [1.54, 1.807) is 0 Å². The topological polar surface area (TPSA) is 93.0 Å². The number of anilines is 2. The first-order valence-electron chi connectivity index (χ1n) is 26.4. The number of nitrogens with one attached hydrogen (secondary N) is 1. The molecule has 74 heavy (non-hydrogen) atoms. The molecular weight excluding hydrogens is 907 g/mol. The standard InChI is InChI=1S/C69H87NO4/c1-40(2)51-33-47(34-52(41(3)4)61(51)71)30-49-28-43(26-45-32-53(42(5)6)62(72)54(35-45)65(7,8)9)22-24-59(49)70-60-25-23-44(27-46-36-55(66(10,11)12)63(73)56(37-46)67(13,14)15)29-50(60)31-48-38-57(68(16,17)18)64(74)58(39-48)69(19,20)21/h22-25,28-29,32-39,70-74H,1,3,5,26-27,30-31H2,2,4,6-21H3. The van der Waals surface area contributed by atoms with E-state index in [0.29, 0.717) is 48.3 Å². The third-order valence-electron chi connectivity index (χ3n) is 14.3. The lowest BCUT2D eigenvalue weighted by Gasteiger charge is -2.28. The Balaban J connectivity index is 1.57. The van der Waals surface area contributed by atoms with Crippen molar-refractivity contribution in [3.05, 3.63) is 194 Å². The van der Waals surface area contributed by atoms with E-state index >= 15 is 0 Å². The molecule has 6 aromatic carbocycles. The molecule has 0 aliphatic rings. The van der Waals surface area contributed by atoms with Crippen LogP contribution in [0, 0.1) is 0 Å². The molecule has 0 saturated carbocycles. The molecule has 5 heteroatoms. The molecule has 0 unspecified atom stereocenters. The maximum absolute atomic E-state index is 11.8. The minimum absolute atomic E-state index is 0.191. The lowest BCUT2D eigenvalue weighted by atomic mass is 9.77. The molecule has 0 spiro atoms. The van der Waals surface area contributed by atoms with Crippen LogP contribution in [0.3, 0.4) is 0 Å². The van der Waals surface area contributed by atoms with E-state index in [9.17, 15) is 20.4 Å². The van der Waals surface area contributed by atoms with Crippen LogP contribution in [0.2, 0.25) is 0 Å². The number of phenolic OH excluding ortho intramolecular Hbond substituents is 4. The van der Waals surface area contributed by atoms with E-state index in [1.807, 2.05) is 32.9 Å². The van der Waals surface area contributed by atoms with Crippen LogP contribution in [0.15, 0.2) is 105 Å². The fourth-order valence-electron chi connectivity index (χ4n) is 10.1. The van der Waals surface area contributed by atoms with Crippen LogP contribution in [-0.2, 0) is 52.8 Å². The van der Waals surface area contributed by atoms with Gasteiger partial charge in [0.1, 0.15) is 23.0 Å². The summed E-state index contributed by atoms with van der Waals surface area (Å²) in [6.45, 7) is 50.7. The minimum atomic E-state index is -0.295. The second-order valence-corrected chi connectivity index (χ2v) is 26.6. The molecule has 6 aromatic rings. The number of benzene rings is 6. The van der Waals surface area contributed by atoms with E-state index in [0.717, 1.165) is 106 Å². The summed E-state index contributed by atoms with van der Waals surface area (Å²) in [6, 6.07) is 30.4. The summed E-state index contributed by atoms with van der Waals surface area (Å²) in [5, 5.41) is 50.2. The highest BCUT2D eigenvalue weighted by Crippen LogP contribution is 2.44. The van der Waals surface area contributed by atoms with Gasteiger partial charge in [-0.2, -0.15) is 0 Å². The fourth-order valence-corrected chi connectivity index (χ4v) is 10.1. The van der Waals surface area contributed by atoms with Gasteiger partial charge in [0.05, 0.1) is 0 Å². The Morgan fingerprint density at radius 1 is 0.338 bits per heavy atom. The van der Waals surface area contributed by atoms with Crippen LogP contribution in [0.5, 0.6) is 23.0 Å². The largest absolute Gasteiger partial charge is 0.507 e. The second-order valence-electron chi connectivity index (χ2n) is 26.6. The van der Waals surface area contributed by atoms with Gasteiger partial charge < -0.3 is 25.7 Å². The summed E-state index contributed by atoms with van der Waals surface area (Å²) in [5.74, 6) is 1.21. The Hall–Kier alpha value is -6.46. The Labute approximate surface area is 445 Å². The van der Waals surface area contributed by atoms with Crippen LogP contribution < -0.4 is 5.32 Å². The van der Waals surface area contributed by atoms with Gasteiger partial charge >= 0.3 is 0 Å². The summed E-state index contributed by atoms with van der Waals surface area (Å²) in [5.41, 5.74) is 18.5. The van der Waals surface area contributed by atoms with E-state index in [-0.39, 0.29) is 38.6 Å². The molecule has 0 aromatic heterocycles. The first kappa shape index (κ1) is 56.8. The van der Waals surface area contributed by atoms with E-state index < -0.39 is 0 Å². The first-order valence-corrected chi connectivity index (χ1v) is 26.4. The molecule has 0 aliphatic heterocycles. The molecule has 0 bridgehead atoms. The normalized spacial score (nSPS) is 12.5. The predicted octanol–water partition coefficient (Wildman–Crippen LogP) is 18.2. The lowest BCUT2D eigenvalue weighted by Crippen LogP contribution is -2.18. The fraction of sp³-hybridized carbons (Fsp3) is 0.391. The maximum atomic E-state index is 11.8. The quantitative estimate of drug-likeness (QED) is 0.0795. The number of aromatic hydroxyl groups is 4. The summed E-state index contributed by atoms with van der Waals surface area (Å²) < 4.78 is 0. The Morgan fingerprint density at radius 2 is 0.595 bits per heavy atom. The van der Waals surface area contributed by atoms with Gasteiger partial charge in [0, 0.05) is 33.6 Å². The van der Waals surface area contributed by atoms with Gasteiger partial charge in [-0.3, -0.25) is 0 Å². The Morgan fingerprint density at radius 3 is 0.892 bits per heavy atom. The number of hydrogen-bond donors (Lipinski definition) is 5. The van der Waals surface area contributed by atoms with Crippen LogP contribution in [-0.4, -0.2) is 20.4 Å². The van der Waals surface area contributed by atoms with Crippen molar-refractivity contribution in [1.29, 1.82) is 0 Å². The zero-order valence-electron chi connectivity index (χ0n) is 48.3. The highest BCUT2D eigenvalue weighted by Gasteiger charge is 2.29. The summed E-state index contributed by atoms with van der Waals surface area (Å²) >= 11 is 0. The second kappa shape index (κ2) is 20.7. The molecule has 0 aliphatic carbocycles. The molecule has 5 N–H and O–H groups in total. The van der Waals surface area contributed by atoms with Crippen molar-refractivity contribution in [3.8, 4) is 23.0 Å². The molecule has 392 valence electrons. The smallest absolute Gasteiger partial charge is 0.130 e. The van der Waals surface area contributed by atoms with E-state index in [1.165, 1.54) is 0 Å². The third-order valence-corrected chi connectivity index (χ3v) is 14.3. The van der Waals surface area contributed by atoms with Crippen LogP contribution in [0.4, 0.5) is 11.4 Å². The molecule has 0 amide bonds. The number of rotatable bonds is 13. The highest BCUT2D eigenvalue weighted by atomic mass is 16.3. The van der Waals surface area contributed by atoms with Crippen molar-refractivity contribution in [2.75, 3.05) is 5.32 Å². The molecule has 0 atom stereocenters. The van der Waals surface area contributed by atoms with Gasteiger partial charge in [0.2, 0.25) is 0 Å². The predicted molar refractivity (Wildman–Crippen MR) is 317 cm³/mol. The van der Waals surface area contributed by atoms with Crippen LogP contribution >= 0.6 is 0 Å². The molecule has 0 fully saturated rings. The van der Waals surface area contributed by atoms with Crippen molar-refractivity contribution < 1.29 is 20.4 Å². The third kappa shape index (κ3) is 12.9. The summed E-state index contributed by atoms with van der Waals surface area (Å²) in [7, 11) is 0. The number of hydrogen-bond acceptors (Lipinski definition) is 5. The number of allylic oxidation sites excluding steroid dienone is 3. The zero-order chi connectivity index (χ0) is 55.4. The molecule has 6 rings (SSSR count). The van der Waals surface area contributed by atoms with Gasteiger partial charge in [0.15, 0.2) is 0 Å². The Bertz CT molecular complexity index is 3050. The summed E-state index contributed by atoms with van der Waals surface area (Å²) in [4.78, 5) is 0. The van der Waals surface area contributed by atoms with Crippen LogP contribution in [0.25, 0.3) is 16.7 Å². The molecule has 5 nitrogen and oxygen atoms in total. The SMILES string of the molecule is C=C(C)c1cc(Cc2cc(Cc3cc(C(=C)C)c(O)c(C(C)(C)C)c3)ccc2Nc2ccc(Cc3cc(C(C)(C)C)c(O)c(C(C)(C)C)c3)cc2Cc2cc(C(C)(C)C)c(O)c(C(C)(C)C)c2)cc(C(=C)C)c1O. The maximum Gasteiger partial charge on any atom is 0.130 e. The zero-order valence-corrected chi connectivity index (χ0v) is 48.3. The lowest BCUT2D eigenvalue weighted by molar-refractivity contribution is 0.422. The van der Waals surface area contributed by atoms with Crippen molar-refractivity contribution >= 4 is 28.1 Å².